The molecule has 0 saturated carbocycles. The maximum absolute atomic E-state index is 10.7. The van der Waals surface area contributed by atoms with Crippen molar-refractivity contribution in [1.82, 2.24) is 0 Å². The number of rotatable bonds is 3. The summed E-state index contributed by atoms with van der Waals surface area (Å²) in [5.41, 5.74) is 5.99. The van der Waals surface area contributed by atoms with E-state index in [1.807, 2.05) is 19.1 Å². The van der Waals surface area contributed by atoms with Crippen molar-refractivity contribution in [3.63, 3.8) is 0 Å². The fourth-order valence-electron chi connectivity index (χ4n) is 2.95. The third-order valence-electron chi connectivity index (χ3n) is 3.81. The molecule has 1 heterocycles. The fourth-order valence-corrected chi connectivity index (χ4v) is 2.95. The normalized spacial score (nSPS) is 14.2. The van der Waals surface area contributed by atoms with Gasteiger partial charge in [-0.05, 0) is 36.6 Å². The van der Waals surface area contributed by atoms with Crippen molar-refractivity contribution in [1.29, 1.82) is 0 Å². The van der Waals surface area contributed by atoms with Crippen LogP contribution in [0.1, 0.15) is 23.6 Å². The maximum atomic E-state index is 10.7. The van der Waals surface area contributed by atoms with Gasteiger partial charge in [0, 0.05) is 12.1 Å². The third-order valence-corrected chi connectivity index (χ3v) is 3.81. The highest BCUT2D eigenvalue weighted by atomic mass is 16.5. The van der Waals surface area contributed by atoms with Crippen LogP contribution in [-0.2, 0) is 16.0 Å². The van der Waals surface area contributed by atoms with Crippen LogP contribution in [0.2, 0.25) is 0 Å². The number of anilines is 2. The standard InChI is InChI=1S/C17H17NO2/c1-12-6-5-8-15-10-14-7-3-4-9-16(14)18(17(12)15)13(2)20-11-19/h3-9,11,13H,10H2,1-2H3. The van der Waals surface area contributed by atoms with Gasteiger partial charge in [-0.3, -0.25) is 4.79 Å². The van der Waals surface area contributed by atoms with Gasteiger partial charge in [0.2, 0.25) is 0 Å². The minimum atomic E-state index is -0.325. The lowest BCUT2D eigenvalue weighted by molar-refractivity contribution is -0.132. The van der Waals surface area contributed by atoms with Crippen LogP contribution in [0.4, 0.5) is 11.4 Å². The Morgan fingerprint density at radius 3 is 2.70 bits per heavy atom. The first kappa shape index (κ1) is 12.7. The first-order chi connectivity index (χ1) is 9.72. The van der Waals surface area contributed by atoms with Crippen LogP contribution in [0, 0.1) is 6.92 Å². The Morgan fingerprint density at radius 1 is 1.15 bits per heavy atom. The van der Waals surface area contributed by atoms with E-state index < -0.39 is 0 Å². The van der Waals surface area contributed by atoms with Gasteiger partial charge in [-0.15, -0.1) is 0 Å². The van der Waals surface area contributed by atoms with Crippen LogP contribution in [-0.4, -0.2) is 12.7 Å². The highest BCUT2D eigenvalue weighted by molar-refractivity contribution is 5.77. The number of carbonyl (C=O) groups excluding carboxylic acids is 1. The van der Waals surface area contributed by atoms with Crippen molar-refractivity contribution < 1.29 is 9.53 Å². The highest BCUT2D eigenvalue weighted by Gasteiger charge is 2.27. The predicted octanol–water partition coefficient (Wildman–Crippen LogP) is 3.56. The SMILES string of the molecule is Cc1cccc2c1N(C(C)OC=O)c1ccccc1C2. The molecule has 102 valence electrons. The van der Waals surface area contributed by atoms with Crippen LogP contribution in [0.15, 0.2) is 42.5 Å². The molecule has 0 aromatic heterocycles. The summed E-state index contributed by atoms with van der Waals surface area (Å²) in [5, 5.41) is 0. The summed E-state index contributed by atoms with van der Waals surface area (Å²) < 4.78 is 5.20. The van der Waals surface area contributed by atoms with Gasteiger partial charge >= 0.3 is 0 Å². The Kier molecular flexibility index (Phi) is 3.18. The number of ether oxygens (including phenoxy) is 1. The van der Waals surface area contributed by atoms with E-state index in [-0.39, 0.29) is 6.23 Å². The average molecular weight is 267 g/mol. The Labute approximate surface area is 118 Å². The molecule has 0 N–H and O–H groups in total. The van der Waals surface area contributed by atoms with Gasteiger partial charge in [-0.2, -0.15) is 0 Å². The first-order valence-electron chi connectivity index (χ1n) is 6.77. The van der Waals surface area contributed by atoms with E-state index in [0.29, 0.717) is 6.47 Å². The van der Waals surface area contributed by atoms with Gasteiger partial charge in [-0.25, -0.2) is 0 Å². The van der Waals surface area contributed by atoms with Gasteiger partial charge in [0.15, 0.2) is 6.23 Å². The number of aryl methyl sites for hydroxylation is 1. The molecule has 0 aliphatic carbocycles. The lowest BCUT2D eigenvalue weighted by Crippen LogP contribution is -2.34. The summed E-state index contributed by atoms with van der Waals surface area (Å²) >= 11 is 0. The van der Waals surface area contributed by atoms with Crippen molar-refractivity contribution in [3.05, 3.63) is 59.2 Å². The molecule has 3 rings (SSSR count). The molecule has 0 saturated heterocycles. The molecule has 1 aliphatic heterocycles. The van der Waals surface area contributed by atoms with Gasteiger partial charge < -0.3 is 9.64 Å². The van der Waals surface area contributed by atoms with Crippen LogP contribution in [0.3, 0.4) is 0 Å². The van der Waals surface area contributed by atoms with Gasteiger partial charge in [0.05, 0.1) is 5.69 Å². The second kappa shape index (κ2) is 5.00. The van der Waals surface area contributed by atoms with Crippen molar-refractivity contribution in [2.75, 3.05) is 4.90 Å². The summed E-state index contributed by atoms with van der Waals surface area (Å²) in [4.78, 5) is 12.8. The second-order valence-electron chi connectivity index (χ2n) is 5.09. The highest BCUT2D eigenvalue weighted by Crippen LogP contribution is 2.41. The fraction of sp³-hybridized carbons (Fsp3) is 0.235. The topological polar surface area (TPSA) is 29.5 Å². The van der Waals surface area contributed by atoms with E-state index in [1.54, 1.807) is 0 Å². The molecule has 2 aromatic carbocycles. The molecule has 1 atom stereocenters. The lowest BCUT2D eigenvalue weighted by Gasteiger charge is -2.37. The molecule has 0 radical (unpaired) electrons. The lowest BCUT2D eigenvalue weighted by atomic mass is 9.93. The van der Waals surface area contributed by atoms with Crippen LogP contribution >= 0.6 is 0 Å². The quantitative estimate of drug-likeness (QED) is 0.796. The van der Waals surface area contributed by atoms with Gasteiger partial charge in [0.25, 0.3) is 6.47 Å². The van der Waals surface area contributed by atoms with E-state index in [1.165, 1.54) is 16.7 Å². The summed E-state index contributed by atoms with van der Waals surface area (Å²) in [6.45, 7) is 4.50. The molecule has 0 fully saturated rings. The monoisotopic (exact) mass is 267 g/mol. The number of fused-ring (bicyclic) bond motifs is 2. The van der Waals surface area contributed by atoms with E-state index in [9.17, 15) is 4.79 Å². The Hall–Kier alpha value is -2.29. The number of hydrogen-bond donors (Lipinski definition) is 0. The zero-order chi connectivity index (χ0) is 14.1. The van der Waals surface area contributed by atoms with E-state index in [0.717, 1.165) is 17.8 Å². The molecule has 0 bridgehead atoms. The summed E-state index contributed by atoms with van der Waals surface area (Å²) in [6, 6.07) is 14.6. The summed E-state index contributed by atoms with van der Waals surface area (Å²) in [6.07, 6.45) is 0.589. The summed E-state index contributed by atoms with van der Waals surface area (Å²) in [5.74, 6) is 0. The van der Waals surface area contributed by atoms with Crippen molar-refractivity contribution in [2.24, 2.45) is 0 Å². The van der Waals surface area contributed by atoms with E-state index in [2.05, 4.69) is 42.2 Å². The minimum absolute atomic E-state index is 0.325. The van der Waals surface area contributed by atoms with Crippen molar-refractivity contribution >= 4 is 17.8 Å². The number of hydrogen-bond acceptors (Lipinski definition) is 3. The first-order valence-corrected chi connectivity index (χ1v) is 6.77. The number of para-hydroxylation sites is 2. The number of carbonyl (C=O) groups is 1. The number of nitrogens with zero attached hydrogens (tertiary/aromatic N) is 1. The Morgan fingerprint density at radius 2 is 1.90 bits per heavy atom. The zero-order valence-electron chi connectivity index (χ0n) is 11.7. The van der Waals surface area contributed by atoms with Gasteiger partial charge in [0.1, 0.15) is 0 Å². The molecule has 0 spiro atoms. The van der Waals surface area contributed by atoms with Crippen LogP contribution in [0.25, 0.3) is 0 Å². The van der Waals surface area contributed by atoms with E-state index in [4.69, 9.17) is 4.74 Å². The molecule has 2 aromatic rings. The van der Waals surface area contributed by atoms with Gasteiger partial charge in [-0.1, -0.05) is 36.4 Å². The molecule has 1 unspecified atom stereocenters. The Bertz CT molecular complexity index is 651. The molecule has 20 heavy (non-hydrogen) atoms. The summed E-state index contributed by atoms with van der Waals surface area (Å²) in [7, 11) is 0. The molecule has 0 amide bonds. The van der Waals surface area contributed by atoms with Crippen molar-refractivity contribution in [3.8, 4) is 0 Å². The van der Waals surface area contributed by atoms with Crippen LogP contribution < -0.4 is 4.90 Å². The van der Waals surface area contributed by atoms with Crippen molar-refractivity contribution in [2.45, 2.75) is 26.5 Å². The maximum Gasteiger partial charge on any atom is 0.295 e. The zero-order valence-corrected chi connectivity index (χ0v) is 11.7. The Balaban J connectivity index is 2.19. The second-order valence-corrected chi connectivity index (χ2v) is 5.09. The minimum Gasteiger partial charge on any atom is -0.444 e. The largest absolute Gasteiger partial charge is 0.444 e. The molecule has 3 nitrogen and oxygen atoms in total. The smallest absolute Gasteiger partial charge is 0.295 e. The third kappa shape index (κ3) is 1.95. The molecular weight excluding hydrogens is 250 g/mol. The molecule has 3 heteroatoms. The average Bonchev–Trinajstić information content (AvgIpc) is 2.45. The molecular formula is C17H17NO2. The predicted molar refractivity (Wildman–Crippen MR) is 79.2 cm³/mol. The van der Waals surface area contributed by atoms with Crippen LogP contribution in [0.5, 0.6) is 0 Å². The van der Waals surface area contributed by atoms with E-state index >= 15 is 0 Å². The number of benzene rings is 2. The molecule has 1 aliphatic rings.